The van der Waals surface area contributed by atoms with Crippen LogP contribution in [0.4, 0.5) is 0 Å². The Morgan fingerprint density at radius 2 is 1.60 bits per heavy atom. The minimum atomic E-state index is -0.0790. The summed E-state index contributed by atoms with van der Waals surface area (Å²) in [5.41, 5.74) is 0.570. The van der Waals surface area contributed by atoms with Crippen LogP contribution in [0.2, 0.25) is 0 Å². The van der Waals surface area contributed by atoms with E-state index in [0.29, 0.717) is 23.6 Å². The number of nitrogens with zero attached hydrogens (tertiary/aromatic N) is 1. The number of hydrogen-bond acceptors (Lipinski definition) is 4. The van der Waals surface area contributed by atoms with Crippen LogP contribution in [0.15, 0.2) is 18.2 Å². The Bertz CT molecular complexity index is 503. The lowest BCUT2D eigenvalue weighted by atomic mass is 10.1. The number of hydrogen-bond donors (Lipinski definition) is 1. The quantitative estimate of drug-likeness (QED) is 0.694. The van der Waals surface area contributed by atoms with Crippen LogP contribution in [0.25, 0.3) is 0 Å². The van der Waals surface area contributed by atoms with Gasteiger partial charge in [-0.25, -0.2) is 0 Å². The summed E-state index contributed by atoms with van der Waals surface area (Å²) >= 11 is 0. The molecule has 1 amide bonds. The number of likely N-dealkylation sites (tertiary alicyclic amines) is 1. The van der Waals surface area contributed by atoms with Gasteiger partial charge in [0, 0.05) is 18.2 Å². The van der Waals surface area contributed by atoms with Crippen molar-refractivity contribution in [2.45, 2.75) is 44.9 Å². The molecule has 1 aliphatic rings. The highest BCUT2D eigenvalue weighted by atomic mass is 16.5. The van der Waals surface area contributed by atoms with Crippen molar-refractivity contribution < 1.29 is 14.3 Å². The molecule has 1 aliphatic heterocycles. The van der Waals surface area contributed by atoms with Gasteiger partial charge in [-0.1, -0.05) is 19.3 Å². The average Bonchev–Trinajstić information content (AvgIpc) is 2.92. The molecule has 25 heavy (non-hydrogen) atoms. The first-order chi connectivity index (χ1) is 12.2. The van der Waals surface area contributed by atoms with Gasteiger partial charge >= 0.3 is 0 Å². The summed E-state index contributed by atoms with van der Waals surface area (Å²) in [6.45, 7) is 4.42. The van der Waals surface area contributed by atoms with E-state index in [1.165, 1.54) is 51.7 Å². The molecule has 0 aromatic heterocycles. The van der Waals surface area contributed by atoms with Crippen molar-refractivity contribution in [3.8, 4) is 11.5 Å². The molecule has 0 atom stereocenters. The predicted octanol–water partition coefficient (Wildman–Crippen LogP) is 3.48. The topological polar surface area (TPSA) is 50.8 Å². The van der Waals surface area contributed by atoms with Crippen molar-refractivity contribution in [1.82, 2.24) is 10.2 Å². The first-order valence-electron chi connectivity index (χ1n) is 9.46. The molecule has 0 radical (unpaired) electrons. The fourth-order valence-corrected chi connectivity index (χ4v) is 3.24. The summed E-state index contributed by atoms with van der Waals surface area (Å²) in [6, 6.07) is 5.23. The Morgan fingerprint density at radius 1 is 0.960 bits per heavy atom. The largest absolute Gasteiger partial charge is 0.497 e. The Kier molecular flexibility index (Phi) is 8.60. The lowest BCUT2D eigenvalue weighted by Gasteiger charge is -2.19. The number of ether oxygens (including phenoxy) is 2. The van der Waals surface area contributed by atoms with Crippen LogP contribution in [-0.4, -0.2) is 51.2 Å². The van der Waals surface area contributed by atoms with Crippen molar-refractivity contribution in [1.29, 1.82) is 0 Å². The molecule has 0 unspecified atom stereocenters. The van der Waals surface area contributed by atoms with Gasteiger partial charge in [0.2, 0.25) is 0 Å². The van der Waals surface area contributed by atoms with Gasteiger partial charge in [0.15, 0.2) is 0 Å². The van der Waals surface area contributed by atoms with Crippen molar-refractivity contribution in [2.24, 2.45) is 0 Å². The average molecular weight is 348 g/mol. The second-order valence-corrected chi connectivity index (χ2v) is 6.67. The third-order valence-corrected chi connectivity index (χ3v) is 4.75. The van der Waals surface area contributed by atoms with Gasteiger partial charge in [-0.15, -0.1) is 0 Å². The van der Waals surface area contributed by atoms with Gasteiger partial charge in [-0.05, 0) is 57.5 Å². The molecule has 0 spiro atoms. The van der Waals surface area contributed by atoms with Crippen molar-refractivity contribution >= 4 is 5.91 Å². The fourth-order valence-electron chi connectivity index (χ4n) is 3.24. The second kappa shape index (κ2) is 11.0. The number of amides is 1. The molecular weight excluding hydrogens is 316 g/mol. The molecule has 0 saturated carbocycles. The molecule has 140 valence electrons. The van der Waals surface area contributed by atoms with Gasteiger partial charge in [0.1, 0.15) is 11.5 Å². The van der Waals surface area contributed by atoms with Crippen LogP contribution in [0, 0.1) is 0 Å². The maximum atomic E-state index is 12.3. The molecule has 1 N–H and O–H groups in total. The van der Waals surface area contributed by atoms with Crippen LogP contribution in [-0.2, 0) is 0 Å². The molecule has 1 heterocycles. The standard InChI is InChI=1S/C20H32N2O3/c1-24-18-14-17(15-19(16-18)25-2)20(23)21-10-6-5-9-13-22-11-7-3-4-8-12-22/h14-16H,3-13H2,1-2H3,(H,21,23). The van der Waals surface area contributed by atoms with E-state index in [1.54, 1.807) is 32.4 Å². The summed E-state index contributed by atoms with van der Waals surface area (Å²) < 4.78 is 10.4. The lowest BCUT2D eigenvalue weighted by Crippen LogP contribution is -2.26. The van der Waals surface area contributed by atoms with Crippen LogP contribution in [0.1, 0.15) is 55.3 Å². The molecule has 1 saturated heterocycles. The number of benzene rings is 1. The third kappa shape index (κ3) is 6.94. The summed E-state index contributed by atoms with van der Waals surface area (Å²) in [5.74, 6) is 1.17. The highest BCUT2D eigenvalue weighted by Gasteiger charge is 2.10. The van der Waals surface area contributed by atoms with Gasteiger partial charge in [-0.3, -0.25) is 4.79 Å². The zero-order valence-electron chi connectivity index (χ0n) is 15.7. The smallest absolute Gasteiger partial charge is 0.251 e. The number of carbonyl (C=O) groups excluding carboxylic acids is 1. The highest BCUT2D eigenvalue weighted by molar-refractivity contribution is 5.95. The van der Waals surface area contributed by atoms with Gasteiger partial charge < -0.3 is 19.7 Å². The first-order valence-corrected chi connectivity index (χ1v) is 9.46. The number of rotatable bonds is 9. The summed E-state index contributed by atoms with van der Waals surface area (Å²) in [7, 11) is 3.17. The molecule has 1 aromatic rings. The fraction of sp³-hybridized carbons (Fsp3) is 0.650. The normalized spacial score (nSPS) is 15.4. The number of carbonyl (C=O) groups is 1. The molecule has 0 aliphatic carbocycles. The van der Waals surface area contributed by atoms with Crippen molar-refractivity contribution in [3.63, 3.8) is 0 Å². The minimum Gasteiger partial charge on any atom is -0.497 e. The molecule has 5 nitrogen and oxygen atoms in total. The predicted molar refractivity (Wildman–Crippen MR) is 101 cm³/mol. The number of methoxy groups -OCH3 is 2. The zero-order chi connectivity index (χ0) is 17.9. The van der Waals surface area contributed by atoms with E-state index in [1.807, 2.05) is 0 Å². The maximum absolute atomic E-state index is 12.3. The van der Waals surface area contributed by atoms with Crippen molar-refractivity contribution in [2.75, 3.05) is 40.4 Å². The molecule has 5 heteroatoms. The summed E-state index contributed by atoms with van der Waals surface area (Å²) in [5, 5.41) is 2.99. The van der Waals surface area contributed by atoms with Crippen LogP contribution in [0.3, 0.4) is 0 Å². The van der Waals surface area contributed by atoms with E-state index in [9.17, 15) is 4.79 Å². The third-order valence-electron chi connectivity index (χ3n) is 4.75. The van der Waals surface area contributed by atoms with E-state index < -0.39 is 0 Å². The summed E-state index contributed by atoms with van der Waals surface area (Å²) in [4.78, 5) is 14.9. The maximum Gasteiger partial charge on any atom is 0.251 e. The first kappa shape index (κ1) is 19.6. The van der Waals surface area contributed by atoms with Crippen molar-refractivity contribution in [3.05, 3.63) is 23.8 Å². The highest BCUT2D eigenvalue weighted by Crippen LogP contribution is 2.22. The monoisotopic (exact) mass is 348 g/mol. The van der Waals surface area contributed by atoms with Crippen LogP contribution in [0.5, 0.6) is 11.5 Å². The Labute approximate surface area is 151 Å². The lowest BCUT2D eigenvalue weighted by molar-refractivity contribution is 0.0952. The number of nitrogens with one attached hydrogen (secondary N) is 1. The SMILES string of the molecule is COc1cc(OC)cc(C(=O)NCCCCCN2CCCCCC2)c1. The molecular formula is C20H32N2O3. The molecule has 2 rings (SSSR count). The second-order valence-electron chi connectivity index (χ2n) is 6.67. The Hall–Kier alpha value is -1.75. The van der Waals surface area contributed by atoms with Gasteiger partial charge in [0.25, 0.3) is 5.91 Å². The van der Waals surface area contributed by atoms with E-state index >= 15 is 0 Å². The number of unbranched alkanes of at least 4 members (excludes halogenated alkanes) is 2. The molecule has 1 fully saturated rings. The van der Waals surface area contributed by atoms with E-state index in [4.69, 9.17) is 9.47 Å². The van der Waals surface area contributed by atoms with Crippen LogP contribution >= 0.6 is 0 Å². The minimum absolute atomic E-state index is 0.0790. The van der Waals surface area contributed by atoms with Gasteiger partial charge in [-0.2, -0.15) is 0 Å². The summed E-state index contributed by atoms with van der Waals surface area (Å²) in [6.07, 6.45) is 8.84. The molecule has 1 aromatic carbocycles. The molecule has 0 bridgehead atoms. The van der Waals surface area contributed by atoms with E-state index in [-0.39, 0.29) is 5.91 Å². The Morgan fingerprint density at radius 3 is 2.20 bits per heavy atom. The van der Waals surface area contributed by atoms with E-state index in [0.717, 1.165) is 12.8 Å². The van der Waals surface area contributed by atoms with Gasteiger partial charge in [0.05, 0.1) is 14.2 Å². The van der Waals surface area contributed by atoms with E-state index in [2.05, 4.69) is 10.2 Å². The Balaban J connectivity index is 1.65. The zero-order valence-corrected chi connectivity index (χ0v) is 15.7. The van der Waals surface area contributed by atoms with Crippen LogP contribution < -0.4 is 14.8 Å².